The highest BCUT2D eigenvalue weighted by atomic mass is 32.1. The maximum absolute atomic E-state index is 4.63. The van der Waals surface area contributed by atoms with Crippen molar-refractivity contribution in [1.82, 2.24) is 0 Å². The highest BCUT2D eigenvalue weighted by molar-refractivity contribution is 7.10. The van der Waals surface area contributed by atoms with Crippen LogP contribution in [0.5, 0.6) is 0 Å². The Labute approximate surface area is 76.1 Å². The van der Waals surface area contributed by atoms with Crippen molar-refractivity contribution in [1.29, 1.82) is 0 Å². The first-order valence-electron chi connectivity index (χ1n) is 4.56. The molecule has 1 aliphatic carbocycles. The van der Waals surface area contributed by atoms with E-state index in [0.717, 1.165) is 12.5 Å². The largest absolute Gasteiger partial charge is 0.288 e. The Hall–Kier alpha value is -0.630. The Morgan fingerprint density at radius 1 is 1.42 bits per heavy atom. The SMILES string of the molecule is c1cc2c(s1)CCN=C2C1CC1. The Morgan fingerprint density at radius 2 is 2.33 bits per heavy atom. The molecule has 2 heteroatoms. The summed E-state index contributed by atoms with van der Waals surface area (Å²) in [6.07, 6.45) is 3.91. The Morgan fingerprint density at radius 3 is 3.17 bits per heavy atom. The van der Waals surface area contributed by atoms with Gasteiger partial charge in [0.25, 0.3) is 0 Å². The lowest BCUT2D eigenvalue weighted by molar-refractivity contribution is 0.941. The number of thiophene rings is 1. The Bertz CT molecular complexity index is 333. The number of hydrogen-bond donors (Lipinski definition) is 0. The predicted octanol–water partition coefficient (Wildman–Crippen LogP) is 2.50. The van der Waals surface area contributed by atoms with Gasteiger partial charge in [0.15, 0.2) is 0 Å². The number of nitrogens with zero attached hydrogens (tertiary/aromatic N) is 1. The molecule has 0 N–H and O–H groups in total. The van der Waals surface area contributed by atoms with Crippen molar-refractivity contribution in [2.24, 2.45) is 10.9 Å². The third-order valence-corrected chi connectivity index (χ3v) is 3.59. The fourth-order valence-corrected chi connectivity index (χ4v) is 2.71. The summed E-state index contributed by atoms with van der Waals surface area (Å²) in [5.74, 6) is 0.818. The number of hydrogen-bond acceptors (Lipinski definition) is 2. The molecule has 0 atom stereocenters. The molecule has 62 valence electrons. The zero-order valence-corrected chi connectivity index (χ0v) is 7.73. The summed E-state index contributed by atoms with van der Waals surface area (Å²) in [5, 5.41) is 2.20. The second-order valence-electron chi connectivity index (χ2n) is 3.55. The van der Waals surface area contributed by atoms with Gasteiger partial charge in [-0.2, -0.15) is 0 Å². The van der Waals surface area contributed by atoms with Crippen LogP contribution in [0.15, 0.2) is 16.4 Å². The maximum atomic E-state index is 4.63. The van der Waals surface area contributed by atoms with Crippen molar-refractivity contribution in [3.8, 4) is 0 Å². The van der Waals surface area contributed by atoms with Gasteiger partial charge in [-0.1, -0.05) is 0 Å². The quantitative estimate of drug-likeness (QED) is 0.625. The molecule has 0 amide bonds. The normalized spacial score (nSPS) is 21.8. The maximum Gasteiger partial charge on any atom is 0.0462 e. The van der Waals surface area contributed by atoms with Crippen LogP contribution < -0.4 is 0 Å². The highest BCUT2D eigenvalue weighted by Gasteiger charge is 2.31. The minimum atomic E-state index is 0.818. The molecule has 1 saturated carbocycles. The molecule has 2 heterocycles. The molecule has 0 spiro atoms. The molecular formula is C10H11NS. The van der Waals surface area contributed by atoms with E-state index >= 15 is 0 Å². The van der Waals surface area contributed by atoms with Crippen LogP contribution in [0.1, 0.15) is 23.3 Å². The molecule has 3 rings (SSSR count). The summed E-state index contributed by atoms with van der Waals surface area (Å²) >= 11 is 1.89. The van der Waals surface area contributed by atoms with Gasteiger partial charge in [0.05, 0.1) is 0 Å². The van der Waals surface area contributed by atoms with Gasteiger partial charge in [0.2, 0.25) is 0 Å². The van der Waals surface area contributed by atoms with E-state index in [1.54, 1.807) is 4.88 Å². The van der Waals surface area contributed by atoms with E-state index in [-0.39, 0.29) is 0 Å². The van der Waals surface area contributed by atoms with E-state index in [1.807, 2.05) is 11.3 Å². The van der Waals surface area contributed by atoms with Gasteiger partial charge in [-0.25, -0.2) is 0 Å². The average Bonchev–Trinajstić information content (AvgIpc) is 2.82. The van der Waals surface area contributed by atoms with Gasteiger partial charge in [0, 0.05) is 35.0 Å². The molecule has 0 saturated heterocycles. The van der Waals surface area contributed by atoms with Crippen LogP contribution in [-0.2, 0) is 6.42 Å². The Kier molecular flexibility index (Phi) is 1.38. The number of fused-ring (bicyclic) bond motifs is 1. The fourth-order valence-electron chi connectivity index (χ4n) is 1.83. The van der Waals surface area contributed by atoms with Crippen LogP contribution in [-0.4, -0.2) is 12.3 Å². The topological polar surface area (TPSA) is 12.4 Å². The molecule has 0 bridgehead atoms. The minimum Gasteiger partial charge on any atom is -0.288 e. The van der Waals surface area contributed by atoms with Crippen molar-refractivity contribution in [3.05, 3.63) is 21.9 Å². The molecule has 1 nitrogen and oxygen atoms in total. The van der Waals surface area contributed by atoms with Crippen molar-refractivity contribution < 1.29 is 0 Å². The van der Waals surface area contributed by atoms with Crippen LogP contribution in [0, 0.1) is 5.92 Å². The van der Waals surface area contributed by atoms with E-state index in [0.29, 0.717) is 0 Å². The van der Waals surface area contributed by atoms with E-state index in [9.17, 15) is 0 Å². The smallest absolute Gasteiger partial charge is 0.0462 e. The van der Waals surface area contributed by atoms with Gasteiger partial charge >= 0.3 is 0 Å². The summed E-state index contributed by atoms with van der Waals surface area (Å²) in [4.78, 5) is 6.19. The van der Waals surface area contributed by atoms with E-state index in [1.165, 1.54) is 30.5 Å². The van der Waals surface area contributed by atoms with Crippen LogP contribution in [0.25, 0.3) is 0 Å². The first-order chi connectivity index (χ1) is 5.95. The molecule has 0 unspecified atom stereocenters. The lowest BCUT2D eigenvalue weighted by atomic mass is 10.0. The van der Waals surface area contributed by atoms with Crippen molar-refractivity contribution in [2.75, 3.05) is 6.54 Å². The molecule has 1 aromatic heterocycles. The lowest BCUT2D eigenvalue weighted by Crippen LogP contribution is -2.11. The third kappa shape index (κ3) is 0.944. The predicted molar refractivity (Wildman–Crippen MR) is 52.2 cm³/mol. The van der Waals surface area contributed by atoms with Gasteiger partial charge < -0.3 is 0 Å². The number of aliphatic imine (C=N–C) groups is 1. The van der Waals surface area contributed by atoms with Gasteiger partial charge in [0.1, 0.15) is 0 Å². The second kappa shape index (κ2) is 2.43. The monoisotopic (exact) mass is 177 g/mol. The summed E-state index contributed by atoms with van der Waals surface area (Å²) in [6.45, 7) is 1.03. The van der Waals surface area contributed by atoms with E-state index < -0.39 is 0 Å². The fraction of sp³-hybridized carbons (Fsp3) is 0.500. The first kappa shape index (κ1) is 6.84. The van der Waals surface area contributed by atoms with Crippen molar-refractivity contribution >= 4 is 17.0 Å². The third-order valence-electron chi connectivity index (χ3n) is 2.61. The Balaban J connectivity index is 2.07. The van der Waals surface area contributed by atoms with Crippen LogP contribution in [0.4, 0.5) is 0 Å². The number of rotatable bonds is 1. The molecule has 1 aliphatic heterocycles. The highest BCUT2D eigenvalue weighted by Crippen LogP contribution is 2.36. The zero-order chi connectivity index (χ0) is 7.97. The van der Waals surface area contributed by atoms with Crippen molar-refractivity contribution in [2.45, 2.75) is 19.3 Å². The van der Waals surface area contributed by atoms with Gasteiger partial charge in [-0.15, -0.1) is 11.3 Å². The molecule has 2 aliphatic rings. The average molecular weight is 177 g/mol. The summed E-state index contributed by atoms with van der Waals surface area (Å²) in [7, 11) is 0. The molecule has 12 heavy (non-hydrogen) atoms. The van der Waals surface area contributed by atoms with E-state index in [4.69, 9.17) is 0 Å². The summed E-state index contributed by atoms with van der Waals surface area (Å²) < 4.78 is 0. The molecule has 1 aromatic rings. The van der Waals surface area contributed by atoms with E-state index in [2.05, 4.69) is 16.4 Å². The summed E-state index contributed by atoms with van der Waals surface area (Å²) in [5.41, 5.74) is 2.88. The minimum absolute atomic E-state index is 0.818. The standard InChI is InChI=1S/C10H11NS/c1-2-7(1)10-8-4-6-12-9(8)3-5-11-10/h4,6-7H,1-3,5H2. The first-order valence-corrected chi connectivity index (χ1v) is 5.44. The van der Waals surface area contributed by atoms with Crippen molar-refractivity contribution in [3.63, 3.8) is 0 Å². The molecule has 1 fully saturated rings. The summed E-state index contributed by atoms with van der Waals surface area (Å²) in [6, 6.07) is 2.25. The molecule has 0 aromatic carbocycles. The van der Waals surface area contributed by atoms with Crippen LogP contribution in [0.2, 0.25) is 0 Å². The van der Waals surface area contributed by atoms with Crippen LogP contribution >= 0.6 is 11.3 Å². The van der Waals surface area contributed by atoms with Gasteiger partial charge in [-0.05, 0) is 24.3 Å². The lowest BCUT2D eigenvalue weighted by Gasteiger charge is -2.11. The van der Waals surface area contributed by atoms with Gasteiger partial charge in [-0.3, -0.25) is 4.99 Å². The molecule has 0 radical (unpaired) electrons. The molecular weight excluding hydrogens is 166 g/mol. The second-order valence-corrected chi connectivity index (χ2v) is 4.55. The zero-order valence-electron chi connectivity index (χ0n) is 6.92. The van der Waals surface area contributed by atoms with Crippen LogP contribution in [0.3, 0.4) is 0 Å².